The molecule has 3 aromatic rings. The van der Waals surface area contributed by atoms with E-state index in [0.717, 1.165) is 28.0 Å². The van der Waals surface area contributed by atoms with E-state index in [4.69, 9.17) is 10.5 Å². The summed E-state index contributed by atoms with van der Waals surface area (Å²) in [5.74, 6) is 0.923. The highest BCUT2D eigenvalue weighted by Crippen LogP contribution is 2.25. The third kappa shape index (κ3) is 2.28. The van der Waals surface area contributed by atoms with Gasteiger partial charge < -0.3 is 15.5 Å². The molecule has 0 fully saturated rings. The molecule has 102 valence electrons. The van der Waals surface area contributed by atoms with Gasteiger partial charge in [-0.2, -0.15) is 0 Å². The Morgan fingerprint density at radius 3 is 2.70 bits per heavy atom. The topological polar surface area (TPSA) is 51.0 Å². The number of fused-ring (bicyclic) bond motifs is 1. The minimum Gasteiger partial charge on any atom is -0.489 e. The second kappa shape index (κ2) is 5.39. The molecule has 0 amide bonds. The van der Waals surface area contributed by atoms with Crippen LogP contribution in [0.1, 0.15) is 16.7 Å². The van der Waals surface area contributed by atoms with Crippen LogP contribution in [-0.4, -0.2) is 4.98 Å². The number of nitrogens with one attached hydrogen (secondary N) is 1. The molecule has 3 nitrogen and oxygen atoms in total. The normalized spacial score (nSPS) is 10.9. The molecule has 0 unspecified atom stereocenters. The zero-order chi connectivity index (χ0) is 13.9. The summed E-state index contributed by atoms with van der Waals surface area (Å²) < 4.78 is 5.93. The van der Waals surface area contributed by atoms with Crippen LogP contribution in [0.5, 0.6) is 5.75 Å². The van der Waals surface area contributed by atoms with Gasteiger partial charge in [0, 0.05) is 29.2 Å². The Morgan fingerprint density at radius 1 is 1.05 bits per heavy atom. The number of rotatable bonds is 4. The largest absolute Gasteiger partial charge is 0.489 e. The SMILES string of the molecule is Cc1ccccc1OCc1c[nH]c2cccc(CN)c12. The molecule has 0 aliphatic heterocycles. The zero-order valence-electron chi connectivity index (χ0n) is 11.5. The van der Waals surface area contributed by atoms with Crippen molar-refractivity contribution in [2.45, 2.75) is 20.1 Å². The van der Waals surface area contributed by atoms with Crippen LogP contribution in [0.2, 0.25) is 0 Å². The van der Waals surface area contributed by atoms with Crippen LogP contribution >= 0.6 is 0 Å². The maximum Gasteiger partial charge on any atom is 0.122 e. The minimum absolute atomic E-state index is 0.534. The van der Waals surface area contributed by atoms with E-state index in [1.54, 1.807) is 0 Å². The van der Waals surface area contributed by atoms with Crippen LogP contribution in [0.3, 0.4) is 0 Å². The van der Waals surface area contributed by atoms with Crippen molar-refractivity contribution in [3.63, 3.8) is 0 Å². The number of hydrogen-bond donors (Lipinski definition) is 2. The second-order valence-corrected chi connectivity index (χ2v) is 4.91. The van der Waals surface area contributed by atoms with Crippen molar-refractivity contribution in [3.05, 3.63) is 65.4 Å². The van der Waals surface area contributed by atoms with Crippen molar-refractivity contribution in [1.82, 2.24) is 4.98 Å². The molecule has 0 aliphatic carbocycles. The number of aromatic amines is 1. The highest BCUT2D eigenvalue weighted by Gasteiger charge is 2.08. The number of hydrogen-bond acceptors (Lipinski definition) is 2. The lowest BCUT2D eigenvalue weighted by Crippen LogP contribution is -2.00. The number of benzene rings is 2. The Balaban J connectivity index is 1.90. The van der Waals surface area contributed by atoms with Crippen LogP contribution in [0, 0.1) is 6.92 Å². The summed E-state index contributed by atoms with van der Waals surface area (Å²) in [5.41, 5.74) is 10.4. The zero-order valence-corrected chi connectivity index (χ0v) is 11.5. The van der Waals surface area contributed by atoms with Crippen molar-refractivity contribution < 1.29 is 4.74 Å². The molecule has 1 heterocycles. The molecular weight excluding hydrogens is 248 g/mol. The van der Waals surface area contributed by atoms with Crippen molar-refractivity contribution in [1.29, 1.82) is 0 Å². The Morgan fingerprint density at radius 2 is 1.90 bits per heavy atom. The second-order valence-electron chi connectivity index (χ2n) is 4.91. The summed E-state index contributed by atoms with van der Waals surface area (Å²) >= 11 is 0. The van der Waals surface area contributed by atoms with Crippen molar-refractivity contribution in [2.75, 3.05) is 0 Å². The molecule has 0 spiro atoms. The number of aryl methyl sites for hydroxylation is 1. The first-order valence-electron chi connectivity index (χ1n) is 6.76. The molecular formula is C17H18N2O. The fourth-order valence-corrected chi connectivity index (χ4v) is 2.49. The molecule has 1 aromatic heterocycles. The molecule has 0 bridgehead atoms. The van der Waals surface area contributed by atoms with E-state index >= 15 is 0 Å². The Bertz CT molecular complexity index is 731. The summed E-state index contributed by atoms with van der Waals surface area (Å²) in [5, 5.41) is 1.18. The van der Waals surface area contributed by atoms with E-state index in [-0.39, 0.29) is 0 Å². The Hall–Kier alpha value is -2.26. The molecule has 3 rings (SSSR count). The van der Waals surface area contributed by atoms with Gasteiger partial charge >= 0.3 is 0 Å². The third-order valence-corrected chi connectivity index (χ3v) is 3.57. The van der Waals surface area contributed by atoms with E-state index in [1.807, 2.05) is 30.5 Å². The number of nitrogens with two attached hydrogens (primary N) is 1. The summed E-state index contributed by atoms with van der Waals surface area (Å²) in [6, 6.07) is 14.2. The van der Waals surface area contributed by atoms with E-state index in [0.29, 0.717) is 13.2 Å². The molecule has 2 aromatic carbocycles. The van der Waals surface area contributed by atoms with Crippen LogP contribution in [0.4, 0.5) is 0 Å². The number of H-pyrrole nitrogens is 1. The summed E-state index contributed by atoms with van der Waals surface area (Å²) in [6.07, 6.45) is 2.00. The van der Waals surface area contributed by atoms with E-state index in [9.17, 15) is 0 Å². The van der Waals surface area contributed by atoms with Crippen molar-refractivity contribution in [3.8, 4) is 5.75 Å². The highest BCUT2D eigenvalue weighted by atomic mass is 16.5. The van der Waals surface area contributed by atoms with Gasteiger partial charge in [0.25, 0.3) is 0 Å². The average molecular weight is 266 g/mol. The highest BCUT2D eigenvalue weighted by molar-refractivity contribution is 5.86. The first-order valence-corrected chi connectivity index (χ1v) is 6.76. The Labute approximate surface area is 118 Å². The smallest absolute Gasteiger partial charge is 0.122 e. The van der Waals surface area contributed by atoms with Crippen LogP contribution in [-0.2, 0) is 13.2 Å². The van der Waals surface area contributed by atoms with Gasteiger partial charge in [0.1, 0.15) is 12.4 Å². The molecule has 3 N–H and O–H groups in total. The van der Waals surface area contributed by atoms with E-state index < -0.39 is 0 Å². The predicted octanol–water partition coefficient (Wildman–Crippen LogP) is 3.51. The average Bonchev–Trinajstić information content (AvgIpc) is 2.90. The molecule has 0 radical (unpaired) electrons. The lowest BCUT2D eigenvalue weighted by Gasteiger charge is -2.09. The summed E-state index contributed by atoms with van der Waals surface area (Å²) in [6.45, 7) is 3.13. The molecule has 0 saturated heterocycles. The Kier molecular flexibility index (Phi) is 3.44. The summed E-state index contributed by atoms with van der Waals surface area (Å²) in [7, 11) is 0. The summed E-state index contributed by atoms with van der Waals surface area (Å²) in [4.78, 5) is 3.28. The van der Waals surface area contributed by atoms with Gasteiger partial charge in [-0.1, -0.05) is 30.3 Å². The van der Waals surface area contributed by atoms with Gasteiger partial charge in [0.2, 0.25) is 0 Å². The number of ether oxygens (including phenoxy) is 1. The molecule has 0 atom stereocenters. The van der Waals surface area contributed by atoms with Crippen LogP contribution < -0.4 is 10.5 Å². The van der Waals surface area contributed by atoms with Gasteiger partial charge in [-0.15, -0.1) is 0 Å². The van der Waals surface area contributed by atoms with Gasteiger partial charge in [-0.05, 0) is 30.2 Å². The first-order chi connectivity index (χ1) is 9.79. The number of para-hydroxylation sites is 1. The van der Waals surface area contributed by atoms with Crippen LogP contribution in [0.25, 0.3) is 10.9 Å². The number of aromatic nitrogens is 1. The van der Waals surface area contributed by atoms with Gasteiger partial charge in [-0.3, -0.25) is 0 Å². The van der Waals surface area contributed by atoms with Gasteiger partial charge in [-0.25, -0.2) is 0 Å². The lowest BCUT2D eigenvalue weighted by atomic mass is 10.1. The maximum atomic E-state index is 5.93. The van der Waals surface area contributed by atoms with E-state index in [2.05, 4.69) is 30.1 Å². The standard InChI is InChI=1S/C17H18N2O/c1-12-5-2-3-8-16(12)20-11-14-10-19-15-7-4-6-13(9-18)17(14)15/h2-8,10,19H,9,11,18H2,1H3. The quantitative estimate of drug-likeness (QED) is 0.759. The van der Waals surface area contributed by atoms with E-state index in [1.165, 1.54) is 5.39 Å². The fraction of sp³-hybridized carbons (Fsp3) is 0.176. The maximum absolute atomic E-state index is 5.93. The van der Waals surface area contributed by atoms with Crippen molar-refractivity contribution in [2.24, 2.45) is 5.73 Å². The van der Waals surface area contributed by atoms with Gasteiger partial charge in [0.15, 0.2) is 0 Å². The monoisotopic (exact) mass is 266 g/mol. The molecule has 0 saturated carbocycles. The fourth-order valence-electron chi connectivity index (χ4n) is 2.49. The van der Waals surface area contributed by atoms with Gasteiger partial charge in [0.05, 0.1) is 0 Å². The molecule has 3 heteroatoms. The molecule has 20 heavy (non-hydrogen) atoms. The third-order valence-electron chi connectivity index (χ3n) is 3.57. The van der Waals surface area contributed by atoms with Crippen LogP contribution in [0.15, 0.2) is 48.7 Å². The minimum atomic E-state index is 0.534. The molecule has 0 aliphatic rings. The van der Waals surface area contributed by atoms with Crippen molar-refractivity contribution >= 4 is 10.9 Å². The lowest BCUT2D eigenvalue weighted by molar-refractivity contribution is 0.305. The first kappa shape index (κ1) is 12.8. The predicted molar refractivity (Wildman–Crippen MR) is 81.7 cm³/mol.